The first kappa shape index (κ1) is 8.72. The van der Waals surface area contributed by atoms with E-state index in [0.29, 0.717) is 0 Å². The predicted molar refractivity (Wildman–Crippen MR) is 53.7 cm³/mol. The Morgan fingerprint density at radius 2 is 1.83 bits per heavy atom. The summed E-state index contributed by atoms with van der Waals surface area (Å²) in [6.07, 6.45) is 0. The minimum atomic E-state index is 0.982. The molecular formula is C11H13N. The zero-order valence-corrected chi connectivity index (χ0v) is 7.54. The van der Waals surface area contributed by atoms with E-state index in [4.69, 9.17) is 0 Å². The Hall–Kier alpha value is -1.37. The van der Waals surface area contributed by atoms with Gasteiger partial charge in [-0.15, -0.1) is 0 Å². The SMILES string of the molecule is C=C(C)C(=NC)c1ccccc1. The summed E-state index contributed by atoms with van der Waals surface area (Å²) < 4.78 is 0. The number of benzene rings is 1. The number of allylic oxidation sites excluding steroid dienone is 1. The molecule has 0 N–H and O–H groups in total. The first-order valence-corrected chi connectivity index (χ1v) is 3.94. The quantitative estimate of drug-likeness (QED) is 0.588. The minimum Gasteiger partial charge on any atom is -0.288 e. The van der Waals surface area contributed by atoms with Gasteiger partial charge >= 0.3 is 0 Å². The molecule has 0 bridgehead atoms. The van der Waals surface area contributed by atoms with E-state index in [9.17, 15) is 0 Å². The monoisotopic (exact) mass is 159 g/mol. The van der Waals surface area contributed by atoms with Crippen LogP contribution in [0.3, 0.4) is 0 Å². The van der Waals surface area contributed by atoms with Gasteiger partial charge in [-0.1, -0.05) is 36.9 Å². The standard InChI is InChI=1S/C11H13N/c1-9(2)11(12-3)10-7-5-4-6-8-10/h4-8H,1H2,2-3H3. The lowest BCUT2D eigenvalue weighted by Gasteiger charge is -2.03. The molecule has 1 rings (SSSR count). The molecule has 0 aliphatic carbocycles. The molecule has 0 saturated carbocycles. The van der Waals surface area contributed by atoms with E-state index in [1.165, 1.54) is 0 Å². The zero-order chi connectivity index (χ0) is 8.97. The highest BCUT2D eigenvalue weighted by Gasteiger charge is 2.00. The van der Waals surface area contributed by atoms with E-state index in [-0.39, 0.29) is 0 Å². The Morgan fingerprint density at radius 1 is 1.25 bits per heavy atom. The van der Waals surface area contributed by atoms with Gasteiger partial charge in [-0.25, -0.2) is 0 Å². The summed E-state index contributed by atoms with van der Waals surface area (Å²) in [5.41, 5.74) is 3.12. The Balaban J connectivity index is 3.05. The van der Waals surface area contributed by atoms with Crippen molar-refractivity contribution in [3.8, 4) is 0 Å². The molecule has 62 valence electrons. The number of hydrogen-bond acceptors (Lipinski definition) is 1. The molecule has 0 fully saturated rings. The Kier molecular flexibility index (Phi) is 2.81. The highest BCUT2D eigenvalue weighted by atomic mass is 14.7. The van der Waals surface area contributed by atoms with Crippen molar-refractivity contribution in [1.29, 1.82) is 0 Å². The van der Waals surface area contributed by atoms with Gasteiger partial charge in [0.05, 0.1) is 5.71 Å². The van der Waals surface area contributed by atoms with Crippen LogP contribution in [0.25, 0.3) is 0 Å². The third-order valence-corrected chi connectivity index (χ3v) is 1.68. The lowest BCUT2D eigenvalue weighted by Crippen LogP contribution is -2.00. The van der Waals surface area contributed by atoms with Gasteiger partial charge in [0.15, 0.2) is 0 Å². The van der Waals surface area contributed by atoms with Crippen LogP contribution in [0.5, 0.6) is 0 Å². The van der Waals surface area contributed by atoms with E-state index in [0.717, 1.165) is 16.8 Å². The summed E-state index contributed by atoms with van der Waals surface area (Å²) in [4.78, 5) is 4.17. The molecule has 0 aliphatic heterocycles. The van der Waals surface area contributed by atoms with Crippen LogP contribution in [-0.4, -0.2) is 12.8 Å². The van der Waals surface area contributed by atoms with Crippen LogP contribution in [-0.2, 0) is 0 Å². The highest BCUT2D eigenvalue weighted by molar-refractivity contribution is 6.11. The average Bonchev–Trinajstić information content (AvgIpc) is 2.07. The number of nitrogens with zero attached hydrogens (tertiary/aromatic N) is 1. The summed E-state index contributed by atoms with van der Waals surface area (Å²) in [5.74, 6) is 0. The molecule has 0 aliphatic rings. The van der Waals surface area contributed by atoms with Crippen LogP contribution < -0.4 is 0 Å². The van der Waals surface area contributed by atoms with Gasteiger partial charge in [0.1, 0.15) is 0 Å². The molecule has 0 radical (unpaired) electrons. The summed E-state index contributed by atoms with van der Waals surface area (Å²) in [7, 11) is 1.79. The third kappa shape index (κ3) is 1.82. The first-order chi connectivity index (χ1) is 5.75. The number of hydrogen-bond donors (Lipinski definition) is 0. The maximum absolute atomic E-state index is 4.17. The van der Waals surface area contributed by atoms with E-state index in [1.54, 1.807) is 7.05 Å². The molecular weight excluding hydrogens is 146 g/mol. The number of rotatable bonds is 2. The molecule has 0 spiro atoms. The predicted octanol–water partition coefficient (Wildman–Crippen LogP) is 2.68. The van der Waals surface area contributed by atoms with Crippen LogP contribution in [0.15, 0.2) is 47.5 Å². The van der Waals surface area contributed by atoms with Crippen LogP contribution in [0.4, 0.5) is 0 Å². The molecule has 0 unspecified atom stereocenters. The van der Waals surface area contributed by atoms with Gasteiger partial charge in [0.25, 0.3) is 0 Å². The summed E-state index contributed by atoms with van der Waals surface area (Å²) >= 11 is 0. The molecule has 0 saturated heterocycles. The topological polar surface area (TPSA) is 12.4 Å². The second kappa shape index (κ2) is 3.86. The maximum Gasteiger partial charge on any atom is 0.0666 e. The maximum atomic E-state index is 4.17. The fraction of sp³-hybridized carbons (Fsp3) is 0.182. The molecule has 0 atom stereocenters. The van der Waals surface area contributed by atoms with Crippen LogP contribution in [0, 0.1) is 0 Å². The van der Waals surface area contributed by atoms with Gasteiger partial charge in [0.2, 0.25) is 0 Å². The Labute approximate surface area is 73.5 Å². The van der Waals surface area contributed by atoms with Crippen molar-refractivity contribution in [3.05, 3.63) is 48.0 Å². The molecule has 1 aromatic carbocycles. The van der Waals surface area contributed by atoms with Crippen molar-refractivity contribution >= 4 is 5.71 Å². The summed E-state index contributed by atoms with van der Waals surface area (Å²) in [5, 5.41) is 0. The van der Waals surface area contributed by atoms with Gasteiger partial charge in [0, 0.05) is 7.05 Å². The van der Waals surface area contributed by atoms with Gasteiger partial charge in [-0.3, -0.25) is 4.99 Å². The van der Waals surface area contributed by atoms with Crippen LogP contribution in [0.2, 0.25) is 0 Å². The highest BCUT2D eigenvalue weighted by Crippen LogP contribution is 2.06. The summed E-state index contributed by atoms with van der Waals surface area (Å²) in [6.45, 7) is 5.84. The van der Waals surface area contributed by atoms with E-state index < -0.39 is 0 Å². The molecule has 1 aromatic rings. The number of aliphatic imine (C=N–C) groups is 1. The van der Waals surface area contributed by atoms with Crippen molar-refractivity contribution in [3.63, 3.8) is 0 Å². The smallest absolute Gasteiger partial charge is 0.0666 e. The van der Waals surface area contributed by atoms with Gasteiger partial charge < -0.3 is 0 Å². The normalized spacial score (nSPS) is 11.3. The van der Waals surface area contributed by atoms with Crippen LogP contribution >= 0.6 is 0 Å². The van der Waals surface area contributed by atoms with Crippen molar-refractivity contribution in [2.45, 2.75) is 6.92 Å². The second-order valence-electron chi connectivity index (χ2n) is 2.72. The van der Waals surface area contributed by atoms with Crippen molar-refractivity contribution in [1.82, 2.24) is 0 Å². The largest absolute Gasteiger partial charge is 0.288 e. The molecule has 0 amide bonds. The second-order valence-corrected chi connectivity index (χ2v) is 2.72. The van der Waals surface area contributed by atoms with Gasteiger partial charge in [-0.2, -0.15) is 0 Å². The van der Waals surface area contributed by atoms with Crippen molar-refractivity contribution in [2.24, 2.45) is 4.99 Å². The average molecular weight is 159 g/mol. The van der Waals surface area contributed by atoms with Crippen molar-refractivity contribution < 1.29 is 0 Å². The summed E-state index contributed by atoms with van der Waals surface area (Å²) in [6, 6.07) is 10.1. The van der Waals surface area contributed by atoms with Crippen LogP contribution in [0.1, 0.15) is 12.5 Å². The zero-order valence-electron chi connectivity index (χ0n) is 7.54. The fourth-order valence-electron chi connectivity index (χ4n) is 1.16. The minimum absolute atomic E-state index is 0.982. The first-order valence-electron chi connectivity index (χ1n) is 3.94. The lowest BCUT2D eigenvalue weighted by molar-refractivity contribution is 1.40. The lowest BCUT2D eigenvalue weighted by atomic mass is 10.1. The fourth-order valence-corrected chi connectivity index (χ4v) is 1.16. The van der Waals surface area contributed by atoms with E-state index >= 15 is 0 Å². The molecule has 1 nitrogen and oxygen atoms in total. The molecule has 12 heavy (non-hydrogen) atoms. The Morgan fingerprint density at radius 3 is 2.25 bits per heavy atom. The molecule has 0 aromatic heterocycles. The molecule has 1 heteroatoms. The van der Waals surface area contributed by atoms with E-state index in [1.807, 2.05) is 37.3 Å². The van der Waals surface area contributed by atoms with Gasteiger partial charge in [-0.05, 0) is 18.1 Å². The Bertz CT molecular complexity index is 296. The third-order valence-electron chi connectivity index (χ3n) is 1.68. The molecule has 0 heterocycles. The van der Waals surface area contributed by atoms with Crippen molar-refractivity contribution in [2.75, 3.05) is 7.05 Å². The van der Waals surface area contributed by atoms with E-state index in [2.05, 4.69) is 11.6 Å².